The molecule has 1 aromatic heterocycles. The molecule has 1 saturated heterocycles. The Balaban J connectivity index is 1.94. The number of likely N-dealkylation sites (N-methyl/N-ethyl adjacent to an activating group) is 1. The summed E-state index contributed by atoms with van der Waals surface area (Å²) in [6.07, 6.45) is 3.31. The quantitative estimate of drug-likeness (QED) is 0.756. The first-order valence-electron chi connectivity index (χ1n) is 8.94. The van der Waals surface area contributed by atoms with E-state index in [1.165, 1.54) is 0 Å². The molecule has 1 aliphatic rings. The fourth-order valence-corrected chi connectivity index (χ4v) is 3.20. The predicted octanol–water partition coefficient (Wildman–Crippen LogP) is 1.40. The third kappa shape index (κ3) is 5.32. The summed E-state index contributed by atoms with van der Waals surface area (Å²) in [6.45, 7) is 9.83. The number of amides is 2. The Morgan fingerprint density at radius 2 is 1.92 bits per heavy atom. The van der Waals surface area contributed by atoms with Crippen LogP contribution in [0.2, 0.25) is 5.15 Å². The van der Waals surface area contributed by atoms with Crippen molar-refractivity contribution in [2.75, 3.05) is 39.8 Å². The van der Waals surface area contributed by atoms with E-state index in [0.717, 1.165) is 17.8 Å². The molecule has 0 radical (unpaired) electrons. The summed E-state index contributed by atoms with van der Waals surface area (Å²) in [4.78, 5) is 27.7. The lowest BCUT2D eigenvalue weighted by atomic mass is 10.2. The molecule has 1 fully saturated rings. The highest BCUT2D eigenvalue weighted by Crippen LogP contribution is 2.22. The van der Waals surface area contributed by atoms with Gasteiger partial charge in [0.1, 0.15) is 5.15 Å². The van der Waals surface area contributed by atoms with Gasteiger partial charge in [0.2, 0.25) is 11.8 Å². The topological polar surface area (TPSA) is 70.5 Å². The minimum absolute atomic E-state index is 0.00630. The Kier molecular flexibility index (Phi) is 7.23. The number of halogens is 1. The number of carbonyl (C=O) groups excluding carboxylic acids is 2. The SMILES string of the molecule is CNC(=O)CN1CCN(C(=O)C=Cc2c(C)nn(CC(C)C)c2Cl)CC1. The lowest BCUT2D eigenvalue weighted by Gasteiger charge is -2.33. The molecule has 2 heterocycles. The van der Waals surface area contributed by atoms with Crippen LogP contribution in [0.25, 0.3) is 6.08 Å². The second kappa shape index (κ2) is 9.19. The molecule has 26 heavy (non-hydrogen) atoms. The van der Waals surface area contributed by atoms with Crippen LogP contribution in [0.4, 0.5) is 0 Å². The smallest absolute Gasteiger partial charge is 0.246 e. The number of nitrogens with one attached hydrogen (secondary N) is 1. The maximum Gasteiger partial charge on any atom is 0.246 e. The zero-order valence-electron chi connectivity index (χ0n) is 16.0. The van der Waals surface area contributed by atoms with Crippen molar-refractivity contribution in [3.8, 4) is 0 Å². The number of hydrogen-bond donors (Lipinski definition) is 1. The minimum atomic E-state index is -0.0448. The van der Waals surface area contributed by atoms with Crippen molar-refractivity contribution < 1.29 is 9.59 Å². The van der Waals surface area contributed by atoms with Crippen molar-refractivity contribution in [3.63, 3.8) is 0 Å². The molecule has 0 atom stereocenters. The number of hydrogen-bond acceptors (Lipinski definition) is 4. The van der Waals surface area contributed by atoms with Crippen LogP contribution in [0.15, 0.2) is 6.08 Å². The lowest BCUT2D eigenvalue weighted by Crippen LogP contribution is -2.50. The summed E-state index contributed by atoms with van der Waals surface area (Å²) >= 11 is 6.40. The van der Waals surface area contributed by atoms with Gasteiger partial charge in [0.05, 0.1) is 12.2 Å². The molecular weight excluding hydrogens is 354 g/mol. The molecule has 0 aromatic carbocycles. The molecule has 1 aliphatic heterocycles. The fraction of sp³-hybridized carbons (Fsp3) is 0.611. The molecule has 2 amide bonds. The fourth-order valence-electron chi connectivity index (χ4n) is 2.89. The molecule has 0 spiro atoms. The van der Waals surface area contributed by atoms with E-state index in [9.17, 15) is 9.59 Å². The molecule has 0 bridgehead atoms. The minimum Gasteiger partial charge on any atom is -0.358 e. The Morgan fingerprint density at radius 1 is 1.27 bits per heavy atom. The van der Waals surface area contributed by atoms with E-state index >= 15 is 0 Å². The van der Waals surface area contributed by atoms with Gasteiger partial charge in [-0.2, -0.15) is 5.10 Å². The van der Waals surface area contributed by atoms with Gasteiger partial charge in [-0.05, 0) is 18.9 Å². The summed E-state index contributed by atoms with van der Waals surface area (Å²) in [5, 5.41) is 7.63. The van der Waals surface area contributed by atoms with Gasteiger partial charge < -0.3 is 10.2 Å². The van der Waals surface area contributed by atoms with Crippen molar-refractivity contribution in [1.29, 1.82) is 0 Å². The van der Waals surface area contributed by atoms with Crippen molar-refractivity contribution in [2.45, 2.75) is 27.3 Å². The normalized spacial score (nSPS) is 15.8. The van der Waals surface area contributed by atoms with Crippen molar-refractivity contribution in [3.05, 3.63) is 22.5 Å². The van der Waals surface area contributed by atoms with Crippen LogP contribution in [0.1, 0.15) is 25.1 Å². The third-order valence-corrected chi connectivity index (χ3v) is 4.77. The Hall–Kier alpha value is -1.86. The molecular formula is C18H28ClN5O2. The standard InChI is InChI=1S/C18H28ClN5O2/c1-13(2)11-24-18(19)15(14(3)21-24)5-6-17(26)23-9-7-22(8-10-23)12-16(25)20-4/h5-6,13H,7-12H2,1-4H3,(H,20,25). The average Bonchev–Trinajstić information content (AvgIpc) is 2.86. The molecule has 7 nitrogen and oxygen atoms in total. The second-order valence-electron chi connectivity index (χ2n) is 6.97. The van der Waals surface area contributed by atoms with Gasteiger partial charge in [-0.3, -0.25) is 19.2 Å². The van der Waals surface area contributed by atoms with Crippen molar-refractivity contribution >= 4 is 29.5 Å². The molecule has 144 valence electrons. The average molecular weight is 382 g/mol. The zero-order valence-corrected chi connectivity index (χ0v) is 16.7. The summed E-state index contributed by atoms with van der Waals surface area (Å²) in [6, 6.07) is 0. The first-order chi connectivity index (χ1) is 12.3. The maximum atomic E-state index is 12.4. The van der Waals surface area contributed by atoms with Crippen molar-refractivity contribution in [2.24, 2.45) is 5.92 Å². The van der Waals surface area contributed by atoms with Gasteiger partial charge in [-0.15, -0.1) is 0 Å². The summed E-state index contributed by atoms with van der Waals surface area (Å²) in [5.41, 5.74) is 1.61. The van der Waals surface area contributed by atoms with Crippen LogP contribution in [-0.2, 0) is 16.1 Å². The van der Waals surface area contributed by atoms with Crippen LogP contribution in [0.3, 0.4) is 0 Å². The highest BCUT2D eigenvalue weighted by molar-refractivity contribution is 6.31. The summed E-state index contributed by atoms with van der Waals surface area (Å²) in [7, 11) is 1.63. The van der Waals surface area contributed by atoms with E-state index in [1.54, 1.807) is 28.8 Å². The van der Waals surface area contributed by atoms with E-state index in [2.05, 4.69) is 24.3 Å². The Morgan fingerprint density at radius 3 is 2.50 bits per heavy atom. The van der Waals surface area contributed by atoms with Crippen molar-refractivity contribution in [1.82, 2.24) is 24.9 Å². The van der Waals surface area contributed by atoms with Gasteiger partial charge in [0, 0.05) is 51.4 Å². The predicted molar refractivity (Wildman–Crippen MR) is 103 cm³/mol. The van der Waals surface area contributed by atoms with Gasteiger partial charge in [0.25, 0.3) is 0 Å². The van der Waals surface area contributed by atoms with Gasteiger partial charge in [-0.25, -0.2) is 0 Å². The molecule has 1 N–H and O–H groups in total. The van der Waals surface area contributed by atoms with Gasteiger partial charge in [0.15, 0.2) is 0 Å². The van der Waals surface area contributed by atoms with E-state index in [0.29, 0.717) is 43.8 Å². The largest absolute Gasteiger partial charge is 0.358 e. The van der Waals surface area contributed by atoms with Gasteiger partial charge in [-0.1, -0.05) is 25.4 Å². The number of aryl methyl sites for hydroxylation is 1. The van der Waals surface area contributed by atoms with Crippen LogP contribution in [0.5, 0.6) is 0 Å². The van der Waals surface area contributed by atoms with Gasteiger partial charge >= 0.3 is 0 Å². The first-order valence-corrected chi connectivity index (χ1v) is 9.32. The number of aromatic nitrogens is 2. The van der Waals surface area contributed by atoms with Crippen LogP contribution in [0, 0.1) is 12.8 Å². The lowest BCUT2D eigenvalue weighted by molar-refractivity contribution is -0.128. The van der Waals surface area contributed by atoms with Crippen LogP contribution < -0.4 is 5.32 Å². The highest BCUT2D eigenvalue weighted by Gasteiger charge is 2.21. The summed E-state index contributed by atoms with van der Waals surface area (Å²) in [5.74, 6) is 0.390. The second-order valence-corrected chi connectivity index (χ2v) is 7.33. The van der Waals surface area contributed by atoms with E-state index < -0.39 is 0 Å². The molecule has 2 rings (SSSR count). The molecule has 0 aliphatic carbocycles. The highest BCUT2D eigenvalue weighted by atomic mass is 35.5. The Bertz CT molecular complexity index is 675. The third-order valence-electron chi connectivity index (χ3n) is 4.37. The van der Waals surface area contributed by atoms with E-state index in [-0.39, 0.29) is 11.8 Å². The zero-order chi connectivity index (χ0) is 19.3. The van der Waals surface area contributed by atoms with Crippen LogP contribution >= 0.6 is 11.6 Å². The number of piperazine rings is 1. The van der Waals surface area contributed by atoms with E-state index in [1.807, 2.05) is 11.8 Å². The molecule has 0 unspecified atom stereocenters. The maximum absolute atomic E-state index is 12.4. The van der Waals surface area contributed by atoms with E-state index in [4.69, 9.17) is 11.6 Å². The number of carbonyl (C=O) groups is 2. The molecule has 0 saturated carbocycles. The Labute approximate surface area is 160 Å². The van der Waals surface area contributed by atoms with Crippen LogP contribution in [-0.4, -0.2) is 71.2 Å². The summed E-state index contributed by atoms with van der Waals surface area (Å²) < 4.78 is 1.78. The number of rotatable bonds is 6. The first kappa shape index (κ1) is 20.5. The number of nitrogens with zero attached hydrogens (tertiary/aromatic N) is 4. The monoisotopic (exact) mass is 381 g/mol. The molecule has 1 aromatic rings. The molecule has 8 heteroatoms.